The zero-order chi connectivity index (χ0) is 20.4. The first kappa shape index (κ1) is 20.3. The van der Waals surface area contributed by atoms with Crippen molar-refractivity contribution in [1.82, 2.24) is 24.8 Å². The highest BCUT2D eigenvalue weighted by molar-refractivity contribution is 5.76. The zero-order valence-electron chi connectivity index (χ0n) is 18.2. The third-order valence-corrected chi connectivity index (χ3v) is 6.74. The lowest BCUT2D eigenvalue weighted by Gasteiger charge is -2.14. The van der Waals surface area contributed by atoms with Crippen LogP contribution in [0.2, 0.25) is 0 Å². The normalized spacial score (nSPS) is 20.7. The van der Waals surface area contributed by atoms with Crippen molar-refractivity contribution in [2.75, 3.05) is 19.6 Å². The Hall–Kier alpha value is -1.95. The number of nitrogens with zero attached hydrogens (tertiary/aromatic N) is 4. The van der Waals surface area contributed by atoms with Gasteiger partial charge < -0.3 is 10.2 Å². The van der Waals surface area contributed by atoms with Gasteiger partial charge in [-0.25, -0.2) is 9.50 Å². The van der Waals surface area contributed by atoms with E-state index in [1.54, 1.807) is 0 Å². The van der Waals surface area contributed by atoms with E-state index in [1.165, 1.54) is 38.8 Å². The molecule has 3 heterocycles. The number of aromatic nitrogens is 3. The van der Waals surface area contributed by atoms with Crippen molar-refractivity contribution in [3.63, 3.8) is 0 Å². The van der Waals surface area contributed by atoms with Crippen LogP contribution in [0.4, 0.5) is 0 Å². The summed E-state index contributed by atoms with van der Waals surface area (Å²) in [5.41, 5.74) is 5.40. The first-order chi connectivity index (χ1) is 14.0. The maximum atomic E-state index is 12.4. The summed E-state index contributed by atoms with van der Waals surface area (Å²) in [5.74, 6) is 0.669. The van der Waals surface area contributed by atoms with Crippen LogP contribution in [0.5, 0.6) is 0 Å². The molecule has 0 radical (unpaired) electrons. The van der Waals surface area contributed by atoms with E-state index >= 15 is 0 Å². The smallest absolute Gasteiger partial charge is 0.220 e. The van der Waals surface area contributed by atoms with E-state index in [0.29, 0.717) is 18.4 Å². The molecule has 0 unspecified atom stereocenters. The fourth-order valence-corrected chi connectivity index (χ4v) is 5.11. The maximum Gasteiger partial charge on any atom is 0.220 e. The van der Waals surface area contributed by atoms with Crippen molar-refractivity contribution in [1.29, 1.82) is 0 Å². The predicted molar refractivity (Wildman–Crippen MR) is 115 cm³/mol. The minimum absolute atomic E-state index is 0.166. The Morgan fingerprint density at radius 1 is 1.24 bits per heavy atom. The maximum absolute atomic E-state index is 12.4. The van der Waals surface area contributed by atoms with E-state index < -0.39 is 0 Å². The van der Waals surface area contributed by atoms with Gasteiger partial charge in [0, 0.05) is 42.4 Å². The lowest BCUT2D eigenvalue weighted by Crippen LogP contribution is -2.32. The first-order valence-electron chi connectivity index (χ1n) is 11.4. The van der Waals surface area contributed by atoms with Crippen LogP contribution in [0.15, 0.2) is 6.07 Å². The summed E-state index contributed by atoms with van der Waals surface area (Å²) in [7, 11) is 0. The third kappa shape index (κ3) is 4.47. The number of amides is 1. The molecule has 0 bridgehead atoms. The first-order valence-corrected chi connectivity index (χ1v) is 11.4. The van der Waals surface area contributed by atoms with Gasteiger partial charge in [-0.3, -0.25) is 4.79 Å². The number of aryl methyl sites for hydroxylation is 2. The Morgan fingerprint density at radius 3 is 2.79 bits per heavy atom. The molecule has 0 aromatic carbocycles. The summed E-state index contributed by atoms with van der Waals surface area (Å²) in [4.78, 5) is 19.7. The van der Waals surface area contributed by atoms with E-state index in [4.69, 9.17) is 10.1 Å². The molecule has 4 rings (SSSR count). The monoisotopic (exact) mass is 397 g/mol. The van der Waals surface area contributed by atoms with Gasteiger partial charge in [-0.05, 0) is 64.6 Å². The highest BCUT2D eigenvalue weighted by atomic mass is 16.1. The third-order valence-electron chi connectivity index (χ3n) is 6.74. The van der Waals surface area contributed by atoms with Gasteiger partial charge in [-0.15, -0.1) is 0 Å². The molecule has 1 atom stereocenters. The summed E-state index contributed by atoms with van der Waals surface area (Å²) in [6.07, 6.45) is 8.36. The number of carbonyl (C=O) groups is 1. The molecule has 29 heavy (non-hydrogen) atoms. The molecule has 1 aliphatic carbocycles. The molecule has 2 fully saturated rings. The van der Waals surface area contributed by atoms with Gasteiger partial charge in [-0.1, -0.05) is 19.8 Å². The minimum atomic E-state index is 0.166. The standard InChI is InChI=1S/C23H35N5O/c1-4-12-27-13-11-18(15-27)21-14-22-24-16(2)20(17(3)28(22)26-21)9-10-23(29)25-19-7-5-6-8-19/h14,18-19H,4-13,15H2,1-3H3,(H,25,29)/t18-/m1/s1. The fraction of sp³-hybridized carbons (Fsp3) is 0.696. The Balaban J connectivity index is 1.46. The molecule has 6 heteroatoms. The largest absolute Gasteiger partial charge is 0.353 e. The number of likely N-dealkylation sites (tertiary alicyclic amines) is 1. The van der Waals surface area contributed by atoms with Crippen LogP contribution in [0, 0.1) is 13.8 Å². The quantitative estimate of drug-likeness (QED) is 0.776. The molecule has 2 aliphatic rings. The van der Waals surface area contributed by atoms with E-state index in [0.717, 1.165) is 54.1 Å². The topological polar surface area (TPSA) is 62.5 Å². The second-order valence-electron chi connectivity index (χ2n) is 8.94. The van der Waals surface area contributed by atoms with Gasteiger partial charge >= 0.3 is 0 Å². The summed E-state index contributed by atoms with van der Waals surface area (Å²) in [6.45, 7) is 9.85. The van der Waals surface area contributed by atoms with E-state index in [9.17, 15) is 4.79 Å². The molecule has 158 valence electrons. The average molecular weight is 398 g/mol. The number of hydrogen-bond acceptors (Lipinski definition) is 4. The Labute approximate surface area is 174 Å². The van der Waals surface area contributed by atoms with Crippen LogP contribution >= 0.6 is 0 Å². The Kier molecular flexibility index (Phi) is 6.18. The van der Waals surface area contributed by atoms with Crippen molar-refractivity contribution in [3.8, 4) is 0 Å². The van der Waals surface area contributed by atoms with Gasteiger partial charge in [0.25, 0.3) is 0 Å². The number of fused-ring (bicyclic) bond motifs is 1. The van der Waals surface area contributed by atoms with Crippen LogP contribution in [0.3, 0.4) is 0 Å². The molecule has 1 amide bonds. The molecule has 2 aromatic rings. The second kappa shape index (κ2) is 8.82. The van der Waals surface area contributed by atoms with Gasteiger partial charge in [-0.2, -0.15) is 5.10 Å². The van der Waals surface area contributed by atoms with E-state index in [-0.39, 0.29) is 5.91 Å². The van der Waals surface area contributed by atoms with Gasteiger partial charge in [0.2, 0.25) is 5.91 Å². The molecule has 2 aromatic heterocycles. The molecule has 1 saturated heterocycles. The molecule has 0 spiro atoms. The van der Waals surface area contributed by atoms with Crippen molar-refractivity contribution in [2.24, 2.45) is 0 Å². The molecule has 1 aliphatic heterocycles. The van der Waals surface area contributed by atoms with Crippen LogP contribution in [0.1, 0.15) is 80.4 Å². The lowest BCUT2D eigenvalue weighted by atomic mass is 10.1. The lowest BCUT2D eigenvalue weighted by molar-refractivity contribution is -0.121. The summed E-state index contributed by atoms with van der Waals surface area (Å²) < 4.78 is 2.00. The Bertz CT molecular complexity index is 868. The predicted octanol–water partition coefficient (Wildman–Crippen LogP) is 3.54. The van der Waals surface area contributed by atoms with Gasteiger partial charge in [0.05, 0.1) is 5.69 Å². The number of rotatable bonds is 7. The SMILES string of the molecule is CCCN1CC[C@@H](c2cc3nc(C)c(CCC(=O)NC4CCCC4)c(C)n3n2)C1. The van der Waals surface area contributed by atoms with Crippen LogP contribution in [0.25, 0.3) is 5.65 Å². The van der Waals surface area contributed by atoms with Crippen LogP contribution in [-0.4, -0.2) is 51.1 Å². The second-order valence-corrected chi connectivity index (χ2v) is 8.94. The van der Waals surface area contributed by atoms with Crippen molar-refractivity contribution < 1.29 is 4.79 Å². The van der Waals surface area contributed by atoms with Gasteiger partial charge in [0.15, 0.2) is 5.65 Å². The average Bonchev–Trinajstić information content (AvgIpc) is 3.42. The van der Waals surface area contributed by atoms with Gasteiger partial charge in [0.1, 0.15) is 0 Å². The van der Waals surface area contributed by atoms with Crippen molar-refractivity contribution in [3.05, 3.63) is 28.7 Å². The summed E-state index contributed by atoms with van der Waals surface area (Å²) in [5, 5.41) is 8.12. The molecule has 1 saturated carbocycles. The molecule has 6 nitrogen and oxygen atoms in total. The minimum Gasteiger partial charge on any atom is -0.353 e. The van der Waals surface area contributed by atoms with Crippen LogP contribution in [-0.2, 0) is 11.2 Å². The number of carbonyl (C=O) groups excluding carboxylic acids is 1. The number of nitrogens with one attached hydrogen (secondary N) is 1. The van der Waals surface area contributed by atoms with Crippen molar-refractivity contribution >= 4 is 11.6 Å². The summed E-state index contributed by atoms with van der Waals surface area (Å²) in [6, 6.07) is 2.55. The zero-order valence-corrected chi connectivity index (χ0v) is 18.2. The molecule has 1 N–H and O–H groups in total. The van der Waals surface area contributed by atoms with Crippen molar-refractivity contribution in [2.45, 2.75) is 84.1 Å². The molecular formula is C23H35N5O. The highest BCUT2D eigenvalue weighted by Crippen LogP contribution is 2.28. The summed E-state index contributed by atoms with van der Waals surface area (Å²) >= 11 is 0. The molecular weight excluding hydrogens is 362 g/mol. The highest BCUT2D eigenvalue weighted by Gasteiger charge is 2.26. The number of hydrogen-bond donors (Lipinski definition) is 1. The van der Waals surface area contributed by atoms with E-state index in [2.05, 4.69) is 37.1 Å². The van der Waals surface area contributed by atoms with E-state index in [1.807, 2.05) is 4.52 Å². The Morgan fingerprint density at radius 2 is 2.03 bits per heavy atom. The van der Waals surface area contributed by atoms with Crippen LogP contribution < -0.4 is 5.32 Å². The fourth-order valence-electron chi connectivity index (χ4n) is 5.11.